The Kier molecular flexibility index (Phi) is 8.02. The van der Waals surface area contributed by atoms with Gasteiger partial charge in [0.2, 0.25) is 0 Å². The second kappa shape index (κ2) is 11.3. The summed E-state index contributed by atoms with van der Waals surface area (Å²) in [6, 6.07) is 29.0. The molecule has 0 nitrogen and oxygen atoms in total. The zero-order chi connectivity index (χ0) is 29.8. The fourth-order valence-corrected chi connectivity index (χ4v) is 15.7. The predicted octanol–water partition coefficient (Wildman–Crippen LogP) is 10.5. The first kappa shape index (κ1) is 29.8. The van der Waals surface area contributed by atoms with E-state index in [0.717, 1.165) is 22.9 Å². The van der Waals surface area contributed by atoms with Gasteiger partial charge >= 0.3 is 271 Å². The van der Waals surface area contributed by atoms with Gasteiger partial charge in [0.15, 0.2) is 0 Å². The second-order valence-electron chi connectivity index (χ2n) is 13.7. The fraction of sp³-hybridized carbons (Fsp3) is 0.256. The van der Waals surface area contributed by atoms with E-state index in [-0.39, 0.29) is 10.8 Å². The summed E-state index contributed by atoms with van der Waals surface area (Å²) in [5.41, 5.74) is 11.2. The topological polar surface area (TPSA) is 0 Å². The van der Waals surface area contributed by atoms with Gasteiger partial charge in [0, 0.05) is 0 Å². The quantitative estimate of drug-likeness (QED) is 0.179. The molecular formula is C39H38Cl2Zr. The molecule has 0 saturated carbocycles. The van der Waals surface area contributed by atoms with Gasteiger partial charge in [0.25, 0.3) is 0 Å². The fourth-order valence-electron chi connectivity index (χ4n) is 6.48. The van der Waals surface area contributed by atoms with E-state index in [4.69, 9.17) is 23.2 Å². The van der Waals surface area contributed by atoms with Crippen LogP contribution in [0.3, 0.4) is 0 Å². The summed E-state index contributed by atoms with van der Waals surface area (Å²) in [6.45, 7) is 14.0. The maximum absolute atomic E-state index is 6.68. The number of hydrogen-bond donors (Lipinski definition) is 0. The molecule has 0 aromatic heterocycles. The minimum atomic E-state index is -2.87. The third-order valence-electron chi connectivity index (χ3n) is 8.57. The molecule has 0 fully saturated rings. The van der Waals surface area contributed by atoms with Gasteiger partial charge in [-0.05, 0) is 0 Å². The van der Waals surface area contributed by atoms with Gasteiger partial charge in [-0.3, -0.25) is 0 Å². The van der Waals surface area contributed by atoms with Gasteiger partial charge in [0.1, 0.15) is 0 Å². The first-order valence-corrected chi connectivity index (χ1v) is 19.3. The summed E-state index contributed by atoms with van der Waals surface area (Å²) < 4.78 is 4.67. The van der Waals surface area contributed by atoms with Crippen LogP contribution in [-0.4, -0.2) is 3.21 Å². The number of fused-ring (bicyclic) bond motifs is 3. The summed E-state index contributed by atoms with van der Waals surface area (Å²) in [4.78, 5) is 0. The molecule has 3 heteroatoms. The van der Waals surface area contributed by atoms with Gasteiger partial charge in [-0.15, -0.1) is 0 Å². The molecule has 0 unspecified atom stereocenters. The number of halogens is 2. The zero-order valence-electron chi connectivity index (χ0n) is 25.4. The Morgan fingerprint density at radius 2 is 1.36 bits per heavy atom. The van der Waals surface area contributed by atoms with E-state index in [1.165, 1.54) is 47.7 Å². The number of benzene rings is 4. The van der Waals surface area contributed by atoms with Crippen LogP contribution in [0.1, 0.15) is 81.3 Å². The van der Waals surface area contributed by atoms with Gasteiger partial charge < -0.3 is 0 Å². The van der Waals surface area contributed by atoms with Crippen molar-refractivity contribution in [3.8, 4) is 11.1 Å². The van der Waals surface area contributed by atoms with Crippen LogP contribution < -0.4 is 3.27 Å². The van der Waals surface area contributed by atoms with E-state index in [0.29, 0.717) is 0 Å². The van der Waals surface area contributed by atoms with Crippen molar-refractivity contribution < 1.29 is 21.3 Å². The van der Waals surface area contributed by atoms with Crippen molar-refractivity contribution in [3.63, 3.8) is 0 Å². The Morgan fingerprint density at radius 1 is 0.714 bits per heavy atom. The van der Waals surface area contributed by atoms with Crippen molar-refractivity contribution in [2.45, 2.75) is 65.2 Å². The minimum absolute atomic E-state index is 0.00187. The van der Waals surface area contributed by atoms with E-state index in [9.17, 15) is 0 Å². The second-order valence-corrected chi connectivity index (χ2v) is 20.4. The van der Waals surface area contributed by atoms with Crippen molar-refractivity contribution in [1.29, 1.82) is 0 Å². The average Bonchev–Trinajstić information content (AvgIpc) is 3.58. The van der Waals surface area contributed by atoms with Gasteiger partial charge in [-0.1, -0.05) is 0 Å². The molecule has 6 rings (SSSR count). The number of hydrogen-bond acceptors (Lipinski definition) is 0. The Balaban J connectivity index is 1.74. The van der Waals surface area contributed by atoms with Crippen LogP contribution >= 0.6 is 23.2 Å². The molecule has 4 aromatic rings. The van der Waals surface area contributed by atoms with E-state index >= 15 is 0 Å². The maximum atomic E-state index is 6.68. The number of allylic oxidation sites excluding steroid dienone is 4. The molecule has 4 aromatic carbocycles. The molecule has 0 heterocycles. The summed E-state index contributed by atoms with van der Waals surface area (Å²) in [6.07, 6.45) is 8.99. The van der Waals surface area contributed by atoms with Crippen LogP contribution in [0, 0.1) is 0 Å². The van der Waals surface area contributed by atoms with E-state index in [1.807, 2.05) is 12.1 Å². The van der Waals surface area contributed by atoms with Crippen molar-refractivity contribution in [2.75, 3.05) is 0 Å². The molecule has 2 aliphatic carbocycles. The molecule has 0 atom stereocenters. The third-order valence-corrected chi connectivity index (χ3v) is 16.8. The molecule has 0 aliphatic heterocycles. The van der Waals surface area contributed by atoms with Crippen LogP contribution in [0.4, 0.5) is 0 Å². The average molecular weight is 669 g/mol. The van der Waals surface area contributed by atoms with Crippen LogP contribution in [0.15, 0.2) is 100 Å². The molecule has 2 aliphatic rings. The summed E-state index contributed by atoms with van der Waals surface area (Å²) in [5, 5.41) is 1.54. The van der Waals surface area contributed by atoms with Crippen molar-refractivity contribution in [1.82, 2.24) is 0 Å². The van der Waals surface area contributed by atoms with Gasteiger partial charge in [-0.2, -0.15) is 0 Å². The van der Waals surface area contributed by atoms with Crippen LogP contribution in [0.5, 0.6) is 0 Å². The standard InChI is InChI=1S/C21H25.C13H8Cl2.C5H5.Zr/c1-20(2,3)16-7-9-18-14(12-16)11-15-13-17(21(4,5)6)8-10-19(15)18;14-12-5-1-3-10(8-12)7-11-4-2-6-13(15)9-11;1-2-4-5-3-1;/h7-10,12H,11H2,1-6H3;1-6,8-9H;1-3H,4H2;. The van der Waals surface area contributed by atoms with Gasteiger partial charge in [0.05, 0.1) is 0 Å². The molecule has 0 N–H and O–H groups in total. The predicted molar refractivity (Wildman–Crippen MR) is 180 cm³/mol. The first-order chi connectivity index (χ1) is 19.9. The molecule has 0 amide bonds. The molecular weight excluding hydrogens is 631 g/mol. The number of rotatable bonds is 4. The zero-order valence-corrected chi connectivity index (χ0v) is 29.4. The molecule has 0 spiro atoms. The van der Waals surface area contributed by atoms with E-state index in [1.54, 1.807) is 6.55 Å². The molecule has 0 bridgehead atoms. The summed E-state index contributed by atoms with van der Waals surface area (Å²) in [7, 11) is 0. The monoisotopic (exact) mass is 666 g/mol. The molecule has 212 valence electrons. The van der Waals surface area contributed by atoms with Gasteiger partial charge in [-0.25, -0.2) is 0 Å². The Bertz CT molecular complexity index is 1760. The Labute approximate surface area is 269 Å². The van der Waals surface area contributed by atoms with Crippen molar-refractivity contribution in [2.24, 2.45) is 0 Å². The Morgan fingerprint density at radius 3 is 1.90 bits per heavy atom. The first-order valence-electron chi connectivity index (χ1n) is 14.8. The SMILES string of the molecule is CC(C)(C)c1ccc2c(c1)Cc1c-2ccc(C(C)(C)C)[c]1[Zr]([C]1=CC=CC1)=[C](c1cccc(Cl)c1)c1cccc(Cl)c1. The van der Waals surface area contributed by atoms with Crippen LogP contribution in [0.25, 0.3) is 11.1 Å². The normalized spacial score (nSPS) is 14.0. The molecule has 42 heavy (non-hydrogen) atoms. The van der Waals surface area contributed by atoms with Crippen molar-refractivity contribution >= 4 is 29.7 Å². The molecule has 0 radical (unpaired) electrons. The Hall–Kier alpha value is -2.31. The van der Waals surface area contributed by atoms with E-state index < -0.39 is 21.3 Å². The van der Waals surface area contributed by atoms with Crippen LogP contribution in [-0.2, 0) is 38.5 Å². The van der Waals surface area contributed by atoms with Crippen LogP contribution in [0.2, 0.25) is 10.0 Å². The summed E-state index contributed by atoms with van der Waals surface area (Å²) >= 11 is 10.5. The summed E-state index contributed by atoms with van der Waals surface area (Å²) in [5.74, 6) is 0. The van der Waals surface area contributed by atoms with E-state index in [2.05, 4.69) is 127 Å². The van der Waals surface area contributed by atoms with Crippen molar-refractivity contribution in [3.05, 3.63) is 144 Å². The third kappa shape index (κ3) is 5.66. The molecule has 0 saturated heterocycles.